The van der Waals surface area contributed by atoms with Crippen LogP contribution in [0, 0.1) is 0 Å². The Hall–Kier alpha value is -1.36. The molecule has 0 unspecified atom stereocenters. The summed E-state index contributed by atoms with van der Waals surface area (Å²) in [6.45, 7) is 10.3. The second-order valence-corrected chi connectivity index (χ2v) is 4.95. The molecule has 20 heavy (non-hydrogen) atoms. The summed E-state index contributed by atoms with van der Waals surface area (Å²) in [7, 11) is 0. The molecule has 0 bridgehead atoms. The van der Waals surface area contributed by atoms with Gasteiger partial charge in [-0.25, -0.2) is 9.97 Å². The predicted octanol–water partition coefficient (Wildman–Crippen LogP) is 3.05. The van der Waals surface area contributed by atoms with Gasteiger partial charge in [-0.3, -0.25) is 0 Å². The van der Waals surface area contributed by atoms with Crippen LogP contribution in [0.3, 0.4) is 0 Å². The van der Waals surface area contributed by atoms with Gasteiger partial charge in [0.2, 0.25) is 5.88 Å². The summed E-state index contributed by atoms with van der Waals surface area (Å²) in [5.74, 6) is 1.57. The van der Waals surface area contributed by atoms with Crippen LogP contribution in [-0.4, -0.2) is 35.8 Å². The third kappa shape index (κ3) is 5.74. The van der Waals surface area contributed by atoms with Crippen LogP contribution in [0.4, 0.5) is 5.82 Å². The highest BCUT2D eigenvalue weighted by Crippen LogP contribution is 2.23. The van der Waals surface area contributed by atoms with Crippen molar-refractivity contribution in [1.82, 2.24) is 9.97 Å². The van der Waals surface area contributed by atoms with Crippen molar-refractivity contribution in [3.8, 4) is 5.88 Å². The lowest BCUT2D eigenvalue weighted by molar-refractivity contribution is 0.0540. The van der Waals surface area contributed by atoms with E-state index in [-0.39, 0.29) is 6.10 Å². The average Bonchev–Trinajstić information content (AvgIpc) is 2.43. The standard InChI is InChI=1S/C15H27N3O2/c1-5-7-13-14(16-8-6-2)17-11-18-15(13)20-10-9-19-12(3)4/h11-12H,5-10H2,1-4H3,(H,16,17,18). The molecule has 0 aliphatic rings. The molecule has 5 heteroatoms. The second kappa shape index (κ2) is 9.53. The Bertz CT molecular complexity index is 383. The van der Waals surface area contributed by atoms with Crippen LogP contribution in [-0.2, 0) is 11.2 Å². The molecule has 0 saturated heterocycles. The molecule has 0 aliphatic carbocycles. The van der Waals surface area contributed by atoms with Gasteiger partial charge in [0.25, 0.3) is 0 Å². The van der Waals surface area contributed by atoms with Crippen LogP contribution < -0.4 is 10.1 Å². The fourth-order valence-electron chi connectivity index (χ4n) is 1.81. The Labute approximate surface area is 122 Å². The first-order chi connectivity index (χ1) is 9.69. The zero-order chi connectivity index (χ0) is 14.8. The van der Waals surface area contributed by atoms with Gasteiger partial charge in [0.15, 0.2) is 0 Å². The van der Waals surface area contributed by atoms with E-state index in [0.29, 0.717) is 19.1 Å². The molecule has 1 rings (SSSR count). The fourth-order valence-corrected chi connectivity index (χ4v) is 1.81. The Morgan fingerprint density at radius 1 is 1.15 bits per heavy atom. The van der Waals surface area contributed by atoms with Crippen molar-refractivity contribution < 1.29 is 9.47 Å². The number of hydrogen-bond acceptors (Lipinski definition) is 5. The summed E-state index contributed by atoms with van der Waals surface area (Å²) in [4.78, 5) is 8.57. The van der Waals surface area contributed by atoms with Crippen LogP contribution >= 0.6 is 0 Å². The molecule has 0 aliphatic heterocycles. The molecule has 0 saturated carbocycles. The Kier molecular flexibility index (Phi) is 7.95. The van der Waals surface area contributed by atoms with Gasteiger partial charge in [0, 0.05) is 6.54 Å². The van der Waals surface area contributed by atoms with Crippen molar-refractivity contribution in [3.05, 3.63) is 11.9 Å². The van der Waals surface area contributed by atoms with Crippen molar-refractivity contribution in [2.75, 3.05) is 25.1 Å². The summed E-state index contributed by atoms with van der Waals surface area (Å²) in [5, 5.41) is 3.33. The molecule has 0 aromatic carbocycles. The molecule has 0 spiro atoms. The minimum absolute atomic E-state index is 0.223. The lowest BCUT2D eigenvalue weighted by Crippen LogP contribution is -2.14. The quantitative estimate of drug-likeness (QED) is 0.668. The van der Waals surface area contributed by atoms with Crippen molar-refractivity contribution in [3.63, 3.8) is 0 Å². The van der Waals surface area contributed by atoms with Crippen molar-refractivity contribution >= 4 is 5.82 Å². The lowest BCUT2D eigenvalue weighted by Gasteiger charge is -2.14. The van der Waals surface area contributed by atoms with Crippen molar-refractivity contribution in [2.45, 2.75) is 53.1 Å². The van der Waals surface area contributed by atoms with E-state index in [2.05, 4.69) is 29.1 Å². The van der Waals surface area contributed by atoms with Crippen LogP contribution in [0.2, 0.25) is 0 Å². The summed E-state index contributed by atoms with van der Waals surface area (Å²) >= 11 is 0. The summed E-state index contributed by atoms with van der Waals surface area (Å²) in [6.07, 6.45) is 4.78. The van der Waals surface area contributed by atoms with E-state index >= 15 is 0 Å². The topological polar surface area (TPSA) is 56.3 Å². The van der Waals surface area contributed by atoms with E-state index in [1.807, 2.05) is 13.8 Å². The molecular weight excluding hydrogens is 254 g/mol. The number of aromatic nitrogens is 2. The molecule has 1 aromatic heterocycles. The number of hydrogen-bond donors (Lipinski definition) is 1. The van der Waals surface area contributed by atoms with E-state index in [4.69, 9.17) is 9.47 Å². The minimum atomic E-state index is 0.223. The number of nitrogens with one attached hydrogen (secondary N) is 1. The van der Waals surface area contributed by atoms with Gasteiger partial charge < -0.3 is 14.8 Å². The number of ether oxygens (including phenoxy) is 2. The Morgan fingerprint density at radius 2 is 1.95 bits per heavy atom. The highest BCUT2D eigenvalue weighted by molar-refractivity contribution is 5.48. The number of anilines is 1. The van der Waals surface area contributed by atoms with E-state index in [1.54, 1.807) is 6.33 Å². The molecule has 0 radical (unpaired) electrons. The molecule has 114 valence electrons. The molecular formula is C15H27N3O2. The number of rotatable bonds is 10. The maximum Gasteiger partial charge on any atom is 0.221 e. The first-order valence-electron chi connectivity index (χ1n) is 7.51. The normalized spacial score (nSPS) is 10.8. The second-order valence-electron chi connectivity index (χ2n) is 4.95. The van der Waals surface area contributed by atoms with Gasteiger partial charge in [-0.05, 0) is 26.7 Å². The summed E-state index contributed by atoms with van der Waals surface area (Å²) in [6, 6.07) is 0. The summed E-state index contributed by atoms with van der Waals surface area (Å²) < 4.78 is 11.2. The fraction of sp³-hybridized carbons (Fsp3) is 0.733. The first-order valence-corrected chi connectivity index (χ1v) is 7.51. The molecule has 0 amide bonds. The van der Waals surface area contributed by atoms with Crippen LogP contribution in [0.15, 0.2) is 6.33 Å². The van der Waals surface area contributed by atoms with E-state index in [0.717, 1.165) is 37.2 Å². The lowest BCUT2D eigenvalue weighted by atomic mass is 10.1. The molecule has 1 N–H and O–H groups in total. The third-order valence-corrected chi connectivity index (χ3v) is 2.72. The number of nitrogens with zero attached hydrogens (tertiary/aromatic N) is 2. The van der Waals surface area contributed by atoms with Crippen molar-refractivity contribution in [1.29, 1.82) is 0 Å². The molecule has 1 aromatic rings. The van der Waals surface area contributed by atoms with Gasteiger partial charge >= 0.3 is 0 Å². The monoisotopic (exact) mass is 281 g/mol. The van der Waals surface area contributed by atoms with E-state index in [9.17, 15) is 0 Å². The van der Waals surface area contributed by atoms with E-state index in [1.165, 1.54) is 0 Å². The van der Waals surface area contributed by atoms with Gasteiger partial charge in [0.1, 0.15) is 18.8 Å². The van der Waals surface area contributed by atoms with Crippen LogP contribution in [0.1, 0.15) is 46.1 Å². The van der Waals surface area contributed by atoms with Crippen LogP contribution in [0.5, 0.6) is 5.88 Å². The summed E-state index contributed by atoms with van der Waals surface area (Å²) in [5.41, 5.74) is 1.06. The molecule has 0 fully saturated rings. The molecule has 1 heterocycles. The van der Waals surface area contributed by atoms with Gasteiger partial charge in [0.05, 0.1) is 18.3 Å². The maximum atomic E-state index is 5.74. The zero-order valence-corrected chi connectivity index (χ0v) is 13.1. The van der Waals surface area contributed by atoms with Gasteiger partial charge in [-0.1, -0.05) is 20.3 Å². The highest BCUT2D eigenvalue weighted by atomic mass is 16.5. The van der Waals surface area contributed by atoms with Crippen molar-refractivity contribution in [2.24, 2.45) is 0 Å². The third-order valence-electron chi connectivity index (χ3n) is 2.72. The van der Waals surface area contributed by atoms with E-state index < -0.39 is 0 Å². The minimum Gasteiger partial charge on any atom is -0.475 e. The van der Waals surface area contributed by atoms with Gasteiger partial charge in [-0.15, -0.1) is 0 Å². The average molecular weight is 281 g/mol. The zero-order valence-electron chi connectivity index (χ0n) is 13.1. The Morgan fingerprint density at radius 3 is 2.60 bits per heavy atom. The first kappa shape index (κ1) is 16.7. The maximum absolute atomic E-state index is 5.74. The SMILES string of the molecule is CCCNc1ncnc(OCCOC(C)C)c1CCC. The molecule has 0 atom stereocenters. The Balaban J connectivity index is 2.67. The molecule has 5 nitrogen and oxygen atoms in total. The largest absolute Gasteiger partial charge is 0.475 e. The van der Waals surface area contributed by atoms with Crippen LogP contribution in [0.25, 0.3) is 0 Å². The smallest absolute Gasteiger partial charge is 0.221 e. The van der Waals surface area contributed by atoms with Gasteiger partial charge in [-0.2, -0.15) is 0 Å². The highest BCUT2D eigenvalue weighted by Gasteiger charge is 2.11. The predicted molar refractivity (Wildman–Crippen MR) is 81.4 cm³/mol.